The van der Waals surface area contributed by atoms with Gasteiger partial charge in [0.1, 0.15) is 5.75 Å². The van der Waals surface area contributed by atoms with E-state index in [1.54, 1.807) is 13.2 Å². The number of carbonyl (C=O) groups is 2. The maximum absolute atomic E-state index is 13.0. The Morgan fingerprint density at radius 2 is 1.88 bits per heavy atom. The van der Waals surface area contributed by atoms with E-state index in [1.807, 2.05) is 31.2 Å². The fourth-order valence-corrected chi connectivity index (χ4v) is 5.38. The molecule has 0 N–H and O–H groups in total. The first-order chi connectivity index (χ1) is 15.1. The van der Waals surface area contributed by atoms with Crippen LogP contribution in [0.1, 0.15) is 55.4 Å². The molecule has 2 heterocycles. The zero-order chi connectivity index (χ0) is 23.2. The molecule has 0 aliphatic carbocycles. The summed E-state index contributed by atoms with van der Waals surface area (Å²) in [5, 5.41) is -0.242. The van der Waals surface area contributed by atoms with E-state index in [0.29, 0.717) is 16.6 Å². The van der Waals surface area contributed by atoms with Crippen molar-refractivity contribution in [1.82, 2.24) is 4.90 Å². The molecular weight excluding hydrogens is 420 g/mol. The molecule has 5 nitrogen and oxygen atoms in total. The summed E-state index contributed by atoms with van der Waals surface area (Å²) in [6.45, 7) is 9.02. The van der Waals surface area contributed by atoms with Crippen LogP contribution in [0.2, 0.25) is 0 Å². The van der Waals surface area contributed by atoms with Crippen molar-refractivity contribution in [1.29, 1.82) is 0 Å². The van der Waals surface area contributed by atoms with Gasteiger partial charge in [0.2, 0.25) is 0 Å². The number of ether oxygens (including phenoxy) is 1. The minimum Gasteiger partial charge on any atom is -0.496 e. The Hall–Kier alpha value is -2.73. The van der Waals surface area contributed by atoms with Crippen LogP contribution < -0.4 is 9.64 Å². The smallest absolute Gasteiger partial charge is 0.293 e. The zero-order valence-corrected chi connectivity index (χ0v) is 20.4. The molecule has 0 spiro atoms. The van der Waals surface area contributed by atoms with Gasteiger partial charge in [-0.15, -0.1) is 0 Å². The lowest BCUT2D eigenvalue weighted by molar-refractivity contribution is -0.123. The second-order valence-corrected chi connectivity index (χ2v) is 10.4. The molecule has 4 rings (SSSR count). The van der Waals surface area contributed by atoms with E-state index >= 15 is 0 Å². The summed E-state index contributed by atoms with van der Waals surface area (Å²) in [5.74, 6) is 0.823. The summed E-state index contributed by atoms with van der Waals surface area (Å²) in [7, 11) is 3.75. The van der Waals surface area contributed by atoms with Crippen molar-refractivity contribution in [2.24, 2.45) is 0 Å². The Morgan fingerprint density at radius 3 is 2.53 bits per heavy atom. The number of hydrogen-bond acceptors (Lipinski definition) is 5. The fraction of sp³-hybridized carbons (Fsp3) is 0.385. The molecule has 6 heteroatoms. The van der Waals surface area contributed by atoms with Crippen LogP contribution in [0.15, 0.2) is 41.3 Å². The van der Waals surface area contributed by atoms with E-state index in [-0.39, 0.29) is 23.2 Å². The van der Waals surface area contributed by atoms with E-state index in [9.17, 15) is 9.59 Å². The molecular formula is C26H30N2O3S. The molecule has 2 aromatic rings. The van der Waals surface area contributed by atoms with E-state index in [4.69, 9.17) is 4.74 Å². The van der Waals surface area contributed by atoms with Gasteiger partial charge in [0.05, 0.1) is 18.6 Å². The van der Waals surface area contributed by atoms with Crippen molar-refractivity contribution >= 4 is 34.7 Å². The van der Waals surface area contributed by atoms with Gasteiger partial charge in [0.25, 0.3) is 11.1 Å². The number of aryl methyl sites for hydroxylation is 1. The van der Waals surface area contributed by atoms with Gasteiger partial charge in [-0.05, 0) is 68.1 Å². The van der Waals surface area contributed by atoms with Crippen LogP contribution in [0.25, 0.3) is 6.08 Å². The summed E-state index contributed by atoms with van der Waals surface area (Å²) >= 11 is 0.989. The van der Waals surface area contributed by atoms with Crippen LogP contribution in [0.3, 0.4) is 0 Å². The molecule has 1 atom stereocenters. The average Bonchev–Trinajstić information content (AvgIpc) is 3.00. The van der Waals surface area contributed by atoms with E-state index in [1.165, 1.54) is 10.5 Å². The molecule has 32 heavy (non-hydrogen) atoms. The van der Waals surface area contributed by atoms with Crippen molar-refractivity contribution in [2.75, 3.05) is 19.1 Å². The van der Waals surface area contributed by atoms with Crippen LogP contribution in [0.4, 0.5) is 10.5 Å². The van der Waals surface area contributed by atoms with Gasteiger partial charge in [0, 0.05) is 29.9 Å². The molecule has 168 valence electrons. The van der Waals surface area contributed by atoms with Gasteiger partial charge in [0.15, 0.2) is 0 Å². The fourth-order valence-electron chi connectivity index (χ4n) is 4.55. The molecule has 2 aromatic carbocycles. The third-order valence-corrected chi connectivity index (χ3v) is 7.51. The number of fused-ring (bicyclic) bond motifs is 1. The monoisotopic (exact) mass is 450 g/mol. The van der Waals surface area contributed by atoms with Gasteiger partial charge in [-0.25, -0.2) is 0 Å². The molecule has 1 unspecified atom stereocenters. The topological polar surface area (TPSA) is 49.9 Å². The number of amides is 2. The van der Waals surface area contributed by atoms with Crippen molar-refractivity contribution in [2.45, 2.75) is 52.1 Å². The van der Waals surface area contributed by atoms with Crippen molar-refractivity contribution in [3.05, 3.63) is 63.6 Å². The molecule has 2 aliphatic heterocycles. The normalized spacial score (nSPS) is 21.3. The number of benzene rings is 2. The molecule has 0 bridgehead atoms. The number of anilines is 1. The molecule has 1 fully saturated rings. The standard InChI is InChI=1S/C26H30N2O3S/c1-16-7-9-18(10-8-16)15-28-24(29)23(32-25(28)30)12-19-11-20-17(2)14-26(3,4)27(5)21(20)13-22(19)31-6/h7-13,17H,14-15H2,1-6H3/b23-12+. The summed E-state index contributed by atoms with van der Waals surface area (Å²) in [5.41, 5.74) is 5.34. The molecule has 0 radical (unpaired) electrons. The first-order valence-corrected chi connectivity index (χ1v) is 11.7. The van der Waals surface area contributed by atoms with Gasteiger partial charge < -0.3 is 9.64 Å². The van der Waals surface area contributed by atoms with E-state index < -0.39 is 0 Å². The SMILES string of the molecule is COc1cc2c(cc1/C=C1/SC(=O)N(Cc3ccc(C)cc3)C1=O)C(C)CC(C)(C)N2C. The van der Waals surface area contributed by atoms with Crippen LogP contribution in [-0.4, -0.2) is 35.7 Å². The Balaban J connectivity index is 1.66. The Kier molecular flexibility index (Phi) is 5.84. The Labute approximate surface area is 194 Å². The highest BCUT2D eigenvalue weighted by molar-refractivity contribution is 8.18. The summed E-state index contributed by atoms with van der Waals surface area (Å²) in [4.78, 5) is 29.7. The summed E-state index contributed by atoms with van der Waals surface area (Å²) in [6, 6.07) is 12.0. The highest BCUT2D eigenvalue weighted by atomic mass is 32.2. The minimum absolute atomic E-state index is 0.0532. The zero-order valence-electron chi connectivity index (χ0n) is 19.6. The summed E-state index contributed by atoms with van der Waals surface area (Å²) < 4.78 is 5.68. The Morgan fingerprint density at radius 1 is 1.19 bits per heavy atom. The third kappa shape index (κ3) is 4.04. The van der Waals surface area contributed by atoms with Crippen molar-refractivity contribution < 1.29 is 14.3 Å². The lowest BCUT2D eigenvalue weighted by Gasteiger charge is -2.45. The highest BCUT2D eigenvalue weighted by Crippen LogP contribution is 2.46. The second-order valence-electron chi connectivity index (χ2n) is 9.38. The van der Waals surface area contributed by atoms with Gasteiger partial charge in [-0.1, -0.05) is 36.8 Å². The quantitative estimate of drug-likeness (QED) is 0.538. The second kappa shape index (κ2) is 8.32. The number of rotatable bonds is 4. The third-order valence-electron chi connectivity index (χ3n) is 6.61. The van der Waals surface area contributed by atoms with Gasteiger partial charge in [-0.3, -0.25) is 14.5 Å². The van der Waals surface area contributed by atoms with Crippen LogP contribution in [-0.2, 0) is 11.3 Å². The lowest BCUT2D eigenvalue weighted by atomic mass is 9.80. The average molecular weight is 451 g/mol. The minimum atomic E-state index is -0.258. The van der Waals surface area contributed by atoms with Crippen molar-refractivity contribution in [3.63, 3.8) is 0 Å². The largest absolute Gasteiger partial charge is 0.496 e. The van der Waals surface area contributed by atoms with Crippen LogP contribution >= 0.6 is 11.8 Å². The predicted octanol–water partition coefficient (Wildman–Crippen LogP) is 5.96. The van der Waals surface area contributed by atoms with E-state index in [2.05, 4.69) is 44.9 Å². The Bertz CT molecular complexity index is 1100. The molecule has 1 saturated heterocycles. The van der Waals surface area contributed by atoms with Crippen LogP contribution in [0.5, 0.6) is 5.75 Å². The highest BCUT2D eigenvalue weighted by Gasteiger charge is 2.37. The van der Waals surface area contributed by atoms with Crippen molar-refractivity contribution in [3.8, 4) is 5.75 Å². The number of imide groups is 1. The maximum atomic E-state index is 13.0. The summed E-state index contributed by atoms with van der Waals surface area (Å²) in [6.07, 6.45) is 2.83. The number of carbonyl (C=O) groups excluding carboxylic acids is 2. The van der Waals surface area contributed by atoms with Gasteiger partial charge in [-0.2, -0.15) is 0 Å². The first kappa shape index (κ1) is 22.5. The number of thioether (sulfide) groups is 1. The van der Waals surface area contributed by atoms with E-state index in [0.717, 1.165) is 40.6 Å². The molecule has 0 saturated carbocycles. The van der Waals surface area contributed by atoms with Gasteiger partial charge >= 0.3 is 0 Å². The molecule has 2 aliphatic rings. The number of hydrogen-bond donors (Lipinski definition) is 0. The molecule has 2 amide bonds. The number of nitrogens with zero attached hydrogens (tertiary/aromatic N) is 2. The van der Waals surface area contributed by atoms with Crippen LogP contribution in [0, 0.1) is 6.92 Å². The molecule has 0 aromatic heterocycles. The lowest BCUT2D eigenvalue weighted by Crippen LogP contribution is -2.45. The maximum Gasteiger partial charge on any atom is 0.293 e. The first-order valence-electron chi connectivity index (χ1n) is 10.9. The number of methoxy groups -OCH3 is 1. The predicted molar refractivity (Wildman–Crippen MR) is 131 cm³/mol.